The van der Waals surface area contributed by atoms with Crippen LogP contribution in [0.2, 0.25) is 0 Å². The number of nitrogens with one attached hydrogen (secondary N) is 2. The van der Waals surface area contributed by atoms with E-state index in [2.05, 4.69) is 28.8 Å². The maximum absolute atomic E-state index is 12.8. The van der Waals surface area contributed by atoms with Crippen LogP contribution in [-0.2, 0) is 16.6 Å². The van der Waals surface area contributed by atoms with Crippen LogP contribution in [0.15, 0.2) is 24.3 Å². The van der Waals surface area contributed by atoms with Crippen molar-refractivity contribution in [2.24, 2.45) is 5.92 Å². The van der Waals surface area contributed by atoms with E-state index in [0.717, 1.165) is 50.9 Å². The van der Waals surface area contributed by atoms with Crippen LogP contribution in [0.3, 0.4) is 0 Å². The normalized spacial score (nSPS) is 33.6. The van der Waals surface area contributed by atoms with Gasteiger partial charge in [0.15, 0.2) is 11.5 Å². The predicted octanol–water partition coefficient (Wildman–Crippen LogP) is 1.88. The van der Waals surface area contributed by atoms with Crippen molar-refractivity contribution in [3.63, 3.8) is 0 Å². The number of hydrogen-bond donors (Lipinski definition) is 3. The first-order chi connectivity index (χ1) is 17.4. The highest BCUT2D eigenvalue weighted by Gasteiger charge is 2.64. The molecule has 3 aliphatic heterocycles. The highest BCUT2D eigenvalue weighted by atomic mass is 16.6. The first-order valence-electron chi connectivity index (χ1n) is 13.3. The lowest BCUT2D eigenvalue weighted by atomic mass is 9.53. The summed E-state index contributed by atoms with van der Waals surface area (Å²) in [6.07, 6.45) is 8.41. The van der Waals surface area contributed by atoms with Crippen molar-refractivity contribution in [2.45, 2.75) is 75.2 Å². The van der Waals surface area contributed by atoms with Gasteiger partial charge in [0, 0.05) is 36.0 Å². The van der Waals surface area contributed by atoms with E-state index in [0.29, 0.717) is 17.5 Å². The summed E-state index contributed by atoms with van der Waals surface area (Å²) in [5.41, 5.74) is 4.88. The van der Waals surface area contributed by atoms with Crippen molar-refractivity contribution < 1.29 is 24.2 Å². The minimum Gasteiger partial charge on any atom is -0.482 e. The lowest BCUT2D eigenvalue weighted by Gasteiger charge is -2.56. The first kappa shape index (κ1) is 23.8. The summed E-state index contributed by atoms with van der Waals surface area (Å²) in [6, 6.07) is 3.40. The molecule has 3 N–H and O–H groups in total. The molecule has 9 nitrogen and oxygen atoms in total. The molecule has 1 aromatic carbocycles. The number of likely N-dealkylation sites (tertiary alicyclic amines) is 1. The van der Waals surface area contributed by atoms with Crippen LogP contribution < -0.4 is 20.2 Å². The number of nitrogens with zero attached hydrogens (tertiary/aromatic N) is 2. The average molecular weight is 497 g/mol. The number of likely N-dealkylation sites (N-methyl/N-ethyl adjacent to an activating group) is 1. The van der Waals surface area contributed by atoms with Crippen molar-refractivity contribution in [2.75, 3.05) is 26.7 Å². The highest BCUT2D eigenvalue weighted by molar-refractivity contribution is 5.85. The van der Waals surface area contributed by atoms with Gasteiger partial charge in [-0.15, -0.1) is 0 Å². The van der Waals surface area contributed by atoms with E-state index in [9.17, 15) is 14.7 Å². The van der Waals surface area contributed by atoms with Gasteiger partial charge in [0.05, 0.1) is 0 Å². The van der Waals surface area contributed by atoms with Gasteiger partial charge in [0.25, 0.3) is 5.91 Å². The molecule has 2 amide bonds. The minimum atomic E-state index is -0.751. The van der Waals surface area contributed by atoms with Gasteiger partial charge in [0.1, 0.15) is 18.2 Å². The van der Waals surface area contributed by atoms with Gasteiger partial charge < -0.3 is 24.8 Å². The Labute approximate surface area is 211 Å². The van der Waals surface area contributed by atoms with Crippen molar-refractivity contribution in [1.82, 2.24) is 20.7 Å². The Hall–Kier alpha value is -2.62. The maximum Gasteiger partial charge on any atom is 0.413 e. The number of aliphatic hydroxyl groups excluding tert-OH is 1. The van der Waals surface area contributed by atoms with Gasteiger partial charge in [-0.05, 0) is 57.8 Å². The summed E-state index contributed by atoms with van der Waals surface area (Å²) in [5.74, 6) is 0.869. The second-order valence-corrected chi connectivity index (χ2v) is 11.0. The second kappa shape index (κ2) is 9.04. The van der Waals surface area contributed by atoms with Gasteiger partial charge in [-0.25, -0.2) is 9.80 Å². The molecule has 6 rings (SSSR count). The largest absolute Gasteiger partial charge is 0.482 e. The van der Waals surface area contributed by atoms with E-state index in [4.69, 9.17) is 9.47 Å². The van der Waals surface area contributed by atoms with E-state index >= 15 is 0 Å². The molecule has 3 heterocycles. The van der Waals surface area contributed by atoms with Crippen LogP contribution in [0, 0.1) is 5.92 Å². The monoisotopic (exact) mass is 496 g/mol. The van der Waals surface area contributed by atoms with E-state index in [1.165, 1.54) is 18.4 Å². The third-order valence-corrected chi connectivity index (χ3v) is 8.94. The Kier molecular flexibility index (Phi) is 5.97. The van der Waals surface area contributed by atoms with E-state index in [-0.39, 0.29) is 17.2 Å². The zero-order valence-electron chi connectivity index (χ0n) is 21.0. The summed E-state index contributed by atoms with van der Waals surface area (Å²) in [4.78, 5) is 27.9. The number of rotatable bonds is 4. The standard InChI is InChI=1S/C27H36N4O5/c1-16(25(33)29-31-12-5-3-4-6-13-31)28-26(34)35-21-10-7-17-15-19-18-8-9-20(32)24-27(18,11-14-30(19)2)22(17)23(21)36-24/h7-10,16,18-20,24,32H,3-6,11-15H2,1-2H3,(H,28,34)(H,29,33)/t16?,18?,19?,20-,24-,27-/m0/s1. The molecule has 1 spiro atoms. The van der Waals surface area contributed by atoms with Gasteiger partial charge in [-0.3, -0.25) is 10.2 Å². The molecule has 0 radical (unpaired) electrons. The maximum atomic E-state index is 12.8. The van der Waals surface area contributed by atoms with Gasteiger partial charge in [-0.1, -0.05) is 31.1 Å². The van der Waals surface area contributed by atoms with Crippen LogP contribution in [0.4, 0.5) is 4.79 Å². The molecule has 2 aliphatic carbocycles. The fraction of sp³-hybridized carbons (Fsp3) is 0.630. The van der Waals surface area contributed by atoms with Gasteiger partial charge in [0.2, 0.25) is 0 Å². The van der Waals surface area contributed by atoms with Gasteiger partial charge in [-0.2, -0.15) is 0 Å². The summed E-state index contributed by atoms with van der Waals surface area (Å²) < 4.78 is 12.1. The number of amides is 2. The third kappa shape index (κ3) is 3.71. The van der Waals surface area contributed by atoms with Crippen LogP contribution >= 0.6 is 0 Å². The minimum absolute atomic E-state index is 0.241. The van der Waals surface area contributed by atoms with Crippen LogP contribution in [0.1, 0.15) is 50.2 Å². The quantitative estimate of drug-likeness (QED) is 0.547. The third-order valence-electron chi connectivity index (χ3n) is 8.94. The molecule has 1 aromatic rings. The molecule has 2 saturated heterocycles. The summed E-state index contributed by atoms with van der Waals surface area (Å²) >= 11 is 0. The molecule has 0 aromatic heterocycles. The highest BCUT2D eigenvalue weighted by Crippen LogP contribution is 2.62. The summed E-state index contributed by atoms with van der Waals surface area (Å²) in [6.45, 7) is 4.21. The molecule has 0 saturated carbocycles. The fourth-order valence-corrected chi connectivity index (χ4v) is 7.12. The SMILES string of the molecule is CC(NC(=O)Oc1ccc2c3c1O[C@H]1[C@@H](O)C=CC4C(C2)N(C)CC[C@@]341)C(=O)NN1CCCCCC1. The van der Waals surface area contributed by atoms with Crippen molar-refractivity contribution in [3.05, 3.63) is 35.4 Å². The number of hydrogen-bond acceptors (Lipinski definition) is 7. The number of hydrazine groups is 1. The number of ether oxygens (including phenoxy) is 2. The average Bonchev–Trinajstić information content (AvgIpc) is 3.00. The Balaban J connectivity index is 1.20. The number of aliphatic hydroxyl groups is 1. The second-order valence-electron chi connectivity index (χ2n) is 11.0. The van der Waals surface area contributed by atoms with Crippen LogP contribution in [-0.4, -0.2) is 78.0 Å². The molecule has 36 heavy (non-hydrogen) atoms. The Morgan fingerprint density at radius 2 is 1.94 bits per heavy atom. The number of carbonyl (C=O) groups excluding carboxylic acids is 2. The van der Waals surface area contributed by atoms with Gasteiger partial charge >= 0.3 is 6.09 Å². The van der Waals surface area contributed by atoms with Crippen LogP contribution in [0.5, 0.6) is 11.5 Å². The van der Waals surface area contributed by atoms with Crippen LogP contribution in [0.25, 0.3) is 0 Å². The Bertz CT molecular complexity index is 1080. The summed E-state index contributed by atoms with van der Waals surface area (Å²) in [7, 11) is 2.17. The molecular weight excluding hydrogens is 460 g/mol. The topological polar surface area (TPSA) is 103 Å². The van der Waals surface area contributed by atoms with Crippen molar-refractivity contribution >= 4 is 12.0 Å². The number of benzene rings is 1. The molecule has 6 atom stereocenters. The molecule has 3 unspecified atom stereocenters. The Morgan fingerprint density at radius 1 is 1.17 bits per heavy atom. The number of piperidine rings is 1. The fourth-order valence-electron chi connectivity index (χ4n) is 7.12. The zero-order chi connectivity index (χ0) is 25.0. The molecule has 194 valence electrons. The van der Waals surface area contributed by atoms with Crippen molar-refractivity contribution in [1.29, 1.82) is 0 Å². The predicted molar refractivity (Wildman–Crippen MR) is 133 cm³/mol. The smallest absolute Gasteiger partial charge is 0.413 e. The lowest BCUT2D eigenvalue weighted by Crippen LogP contribution is -2.64. The lowest BCUT2D eigenvalue weighted by molar-refractivity contribution is -0.127. The summed E-state index contributed by atoms with van der Waals surface area (Å²) in [5, 5.41) is 15.5. The molecule has 2 fully saturated rings. The van der Waals surface area contributed by atoms with E-state index in [1.807, 2.05) is 17.2 Å². The zero-order valence-corrected chi connectivity index (χ0v) is 21.0. The molecular formula is C27H36N4O5. The first-order valence-corrected chi connectivity index (χ1v) is 13.3. The van der Waals surface area contributed by atoms with E-state index < -0.39 is 24.3 Å². The van der Waals surface area contributed by atoms with Crippen molar-refractivity contribution in [3.8, 4) is 11.5 Å². The molecule has 2 bridgehead atoms. The molecule has 9 heteroatoms. The molecule has 5 aliphatic rings. The van der Waals surface area contributed by atoms with E-state index in [1.54, 1.807) is 13.0 Å². The number of carbonyl (C=O) groups is 2. The Morgan fingerprint density at radius 3 is 2.72 bits per heavy atom.